The van der Waals surface area contributed by atoms with Crippen molar-refractivity contribution in [3.63, 3.8) is 0 Å². The van der Waals surface area contributed by atoms with Crippen LogP contribution >= 0.6 is 0 Å². The summed E-state index contributed by atoms with van der Waals surface area (Å²) in [5, 5.41) is 8.86. The topological polar surface area (TPSA) is 72.5 Å². The number of benzene rings is 1. The molecule has 0 amide bonds. The summed E-state index contributed by atoms with van der Waals surface area (Å²) in [6.45, 7) is 6.07. The van der Waals surface area contributed by atoms with Crippen molar-refractivity contribution in [3.05, 3.63) is 29.3 Å². The zero-order valence-electron chi connectivity index (χ0n) is 12.0. The van der Waals surface area contributed by atoms with Gasteiger partial charge in [-0.3, -0.25) is 4.79 Å². The van der Waals surface area contributed by atoms with Gasteiger partial charge in [-0.2, -0.15) is 0 Å². The molecule has 0 saturated carbocycles. The van der Waals surface area contributed by atoms with Gasteiger partial charge in [0.05, 0.1) is 7.11 Å². The fourth-order valence-electron chi connectivity index (χ4n) is 2.08. The van der Waals surface area contributed by atoms with Crippen molar-refractivity contribution in [3.8, 4) is 5.75 Å². The second-order valence-corrected chi connectivity index (χ2v) is 5.26. The molecular weight excluding hydrogens is 242 g/mol. The Kier molecular flexibility index (Phi) is 5.36. The maximum Gasteiger partial charge on any atom is 0.303 e. The molecule has 0 spiro atoms. The van der Waals surface area contributed by atoms with Crippen molar-refractivity contribution in [2.45, 2.75) is 39.2 Å². The molecule has 4 nitrogen and oxygen atoms in total. The van der Waals surface area contributed by atoms with Gasteiger partial charge in [-0.25, -0.2) is 0 Å². The van der Waals surface area contributed by atoms with Gasteiger partial charge < -0.3 is 15.6 Å². The lowest BCUT2D eigenvalue weighted by Gasteiger charge is -2.22. The number of methoxy groups -OCH3 is 1. The van der Waals surface area contributed by atoms with E-state index in [1.165, 1.54) is 5.56 Å². The molecule has 0 aliphatic heterocycles. The molecule has 0 aliphatic rings. The first-order chi connectivity index (χ1) is 8.86. The molecule has 0 saturated heterocycles. The maximum absolute atomic E-state index is 10.8. The normalized spacial score (nSPS) is 14.2. The lowest BCUT2D eigenvalue weighted by molar-refractivity contribution is -0.138. The highest BCUT2D eigenvalue weighted by atomic mass is 16.5. The Labute approximate surface area is 114 Å². The SMILES string of the molecule is COc1ccc(C(C)C)cc1C(N)C(C)CC(=O)O. The predicted octanol–water partition coefficient (Wildman–Crippen LogP) is 2.93. The van der Waals surface area contributed by atoms with Crippen molar-refractivity contribution in [2.24, 2.45) is 11.7 Å². The third kappa shape index (κ3) is 3.96. The number of ether oxygens (including phenoxy) is 1. The smallest absolute Gasteiger partial charge is 0.303 e. The second kappa shape index (κ2) is 6.57. The standard InChI is InChI=1S/C15H23NO3/c1-9(2)11-5-6-13(19-4)12(8-11)15(16)10(3)7-14(17)18/h5-6,8-10,15H,7,16H2,1-4H3,(H,17,18). The number of carboxylic acids is 1. The van der Waals surface area contributed by atoms with E-state index in [9.17, 15) is 4.79 Å². The minimum Gasteiger partial charge on any atom is -0.496 e. The van der Waals surface area contributed by atoms with Crippen molar-refractivity contribution >= 4 is 5.97 Å². The van der Waals surface area contributed by atoms with Crippen molar-refractivity contribution in [1.82, 2.24) is 0 Å². The van der Waals surface area contributed by atoms with Gasteiger partial charge in [0, 0.05) is 18.0 Å². The first-order valence-corrected chi connectivity index (χ1v) is 6.52. The number of nitrogens with two attached hydrogens (primary N) is 1. The fourth-order valence-corrected chi connectivity index (χ4v) is 2.08. The third-order valence-electron chi connectivity index (χ3n) is 3.39. The van der Waals surface area contributed by atoms with Crippen LogP contribution in [0.5, 0.6) is 5.75 Å². The van der Waals surface area contributed by atoms with Crippen LogP contribution in [0.2, 0.25) is 0 Å². The van der Waals surface area contributed by atoms with Gasteiger partial charge >= 0.3 is 5.97 Å². The molecule has 106 valence electrons. The Hall–Kier alpha value is -1.55. The molecule has 0 radical (unpaired) electrons. The molecule has 2 atom stereocenters. The summed E-state index contributed by atoms with van der Waals surface area (Å²) in [6.07, 6.45) is 0.0518. The van der Waals surface area contributed by atoms with Crippen LogP contribution in [0, 0.1) is 5.92 Å². The van der Waals surface area contributed by atoms with Crippen LogP contribution in [0.25, 0.3) is 0 Å². The molecule has 1 rings (SSSR count). The Morgan fingerprint density at radius 1 is 1.37 bits per heavy atom. The minimum atomic E-state index is -0.832. The van der Waals surface area contributed by atoms with Gasteiger partial charge in [0.15, 0.2) is 0 Å². The van der Waals surface area contributed by atoms with E-state index in [-0.39, 0.29) is 18.4 Å². The molecule has 1 aromatic carbocycles. The Morgan fingerprint density at radius 3 is 2.47 bits per heavy atom. The van der Waals surface area contributed by atoms with E-state index in [1.54, 1.807) is 7.11 Å². The predicted molar refractivity (Wildman–Crippen MR) is 75.4 cm³/mol. The summed E-state index contributed by atoms with van der Waals surface area (Å²) >= 11 is 0. The quantitative estimate of drug-likeness (QED) is 0.829. The number of hydrogen-bond donors (Lipinski definition) is 2. The van der Waals surface area contributed by atoms with E-state index in [1.807, 2.05) is 25.1 Å². The van der Waals surface area contributed by atoms with Crippen LogP contribution in [-0.2, 0) is 4.79 Å². The van der Waals surface area contributed by atoms with Crippen LogP contribution < -0.4 is 10.5 Å². The van der Waals surface area contributed by atoms with Gasteiger partial charge in [-0.1, -0.05) is 32.9 Å². The molecule has 2 unspecified atom stereocenters. The molecule has 3 N–H and O–H groups in total. The monoisotopic (exact) mass is 265 g/mol. The molecule has 4 heteroatoms. The summed E-state index contributed by atoms with van der Waals surface area (Å²) in [5.41, 5.74) is 8.24. The van der Waals surface area contributed by atoms with Crippen LogP contribution in [0.4, 0.5) is 0 Å². The zero-order chi connectivity index (χ0) is 14.6. The molecule has 1 aromatic rings. The fraction of sp³-hybridized carbons (Fsp3) is 0.533. The molecule has 0 aromatic heterocycles. The van der Waals surface area contributed by atoms with Crippen molar-refractivity contribution < 1.29 is 14.6 Å². The number of carbonyl (C=O) groups is 1. The van der Waals surface area contributed by atoms with E-state index < -0.39 is 5.97 Å². The Morgan fingerprint density at radius 2 is 2.00 bits per heavy atom. The van der Waals surface area contributed by atoms with Crippen molar-refractivity contribution in [2.75, 3.05) is 7.11 Å². The van der Waals surface area contributed by atoms with Gasteiger partial charge in [0.1, 0.15) is 5.75 Å². The average Bonchev–Trinajstić information content (AvgIpc) is 2.36. The summed E-state index contributed by atoms with van der Waals surface area (Å²) in [7, 11) is 1.60. The second-order valence-electron chi connectivity index (χ2n) is 5.26. The van der Waals surface area contributed by atoms with Crippen LogP contribution in [0.15, 0.2) is 18.2 Å². The molecular formula is C15H23NO3. The zero-order valence-corrected chi connectivity index (χ0v) is 12.0. The number of carboxylic acid groups (broad SMARTS) is 1. The highest BCUT2D eigenvalue weighted by molar-refractivity contribution is 5.67. The maximum atomic E-state index is 10.8. The summed E-state index contributed by atoms with van der Waals surface area (Å²) in [5.74, 6) is 0.136. The van der Waals surface area contributed by atoms with Gasteiger partial charge in [-0.05, 0) is 23.5 Å². The summed E-state index contributed by atoms with van der Waals surface area (Å²) in [6, 6.07) is 5.59. The highest BCUT2D eigenvalue weighted by Crippen LogP contribution is 2.32. The number of hydrogen-bond acceptors (Lipinski definition) is 3. The van der Waals surface area contributed by atoms with E-state index in [0.29, 0.717) is 11.7 Å². The minimum absolute atomic E-state index is 0.0518. The first-order valence-electron chi connectivity index (χ1n) is 6.52. The lowest BCUT2D eigenvalue weighted by Crippen LogP contribution is -2.22. The van der Waals surface area contributed by atoms with Crippen LogP contribution in [-0.4, -0.2) is 18.2 Å². The molecule has 19 heavy (non-hydrogen) atoms. The lowest BCUT2D eigenvalue weighted by atomic mass is 9.89. The Bertz CT molecular complexity index is 443. The number of aliphatic carboxylic acids is 1. The van der Waals surface area contributed by atoms with E-state index in [4.69, 9.17) is 15.6 Å². The average molecular weight is 265 g/mol. The molecule has 0 aliphatic carbocycles. The van der Waals surface area contributed by atoms with Crippen LogP contribution in [0.3, 0.4) is 0 Å². The van der Waals surface area contributed by atoms with Gasteiger partial charge in [0.2, 0.25) is 0 Å². The molecule has 0 heterocycles. The highest BCUT2D eigenvalue weighted by Gasteiger charge is 2.21. The largest absolute Gasteiger partial charge is 0.496 e. The van der Waals surface area contributed by atoms with E-state index in [0.717, 1.165) is 5.56 Å². The number of rotatable bonds is 6. The summed E-state index contributed by atoms with van der Waals surface area (Å²) < 4.78 is 5.33. The van der Waals surface area contributed by atoms with Crippen molar-refractivity contribution in [1.29, 1.82) is 0 Å². The first kappa shape index (κ1) is 15.5. The van der Waals surface area contributed by atoms with Gasteiger partial charge in [0.25, 0.3) is 0 Å². The third-order valence-corrected chi connectivity index (χ3v) is 3.39. The van der Waals surface area contributed by atoms with Gasteiger partial charge in [-0.15, -0.1) is 0 Å². The molecule has 0 fully saturated rings. The molecule has 0 bridgehead atoms. The van der Waals surface area contributed by atoms with Crippen LogP contribution in [0.1, 0.15) is 50.3 Å². The Balaban J connectivity index is 3.08. The van der Waals surface area contributed by atoms with E-state index in [2.05, 4.69) is 13.8 Å². The van der Waals surface area contributed by atoms with E-state index >= 15 is 0 Å². The summed E-state index contributed by atoms with van der Waals surface area (Å²) in [4.78, 5) is 10.8.